The van der Waals surface area contributed by atoms with Crippen LogP contribution in [-0.4, -0.2) is 16.3 Å². The van der Waals surface area contributed by atoms with Crippen LogP contribution in [0.1, 0.15) is 18.2 Å². The lowest BCUT2D eigenvalue weighted by Gasteiger charge is -2.06. The fourth-order valence-electron chi connectivity index (χ4n) is 1.79. The summed E-state index contributed by atoms with van der Waals surface area (Å²) in [6.45, 7) is 1.93. The number of carbonyl (C=O) groups excluding carboxylic acids is 1. The lowest BCUT2D eigenvalue weighted by molar-refractivity contribution is 0.148. The van der Waals surface area contributed by atoms with Gasteiger partial charge in [-0.2, -0.15) is 0 Å². The molecule has 0 aliphatic rings. The van der Waals surface area contributed by atoms with Crippen molar-refractivity contribution in [2.75, 3.05) is 0 Å². The van der Waals surface area contributed by atoms with Gasteiger partial charge in [0.2, 0.25) is 5.88 Å². The summed E-state index contributed by atoms with van der Waals surface area (Å²) in [7, 11) is 0. The zero-order valence-corrected chi connectivity index (χ0v) is 12.7. The molecule has 2 rings (SSSR count). The van der Waals surface area contributed by atoms with E-state index in [1.807, 2.05) is 6.92 Å². The van der Waals surface area contributed by atoms with Gasteiger partial charge in [-0.3, -0.25) is 5.10 Å². The number of hydrogen-bond acceptors (Lipinski definition) is 4. The molecule has 1 aromatic heterocycles. The van der Waals surface area contributed by atoms with E-state index >= 15 is 0 Å². The second kappa shape index (κ2) is 6.69. The van der Waals surface area contributed by atoms with Gasteiger partial charge in [0.15, 0.2) is 0 Å². The smallest absolute Gasteiger partial charge is 0.404 e. The topological polar surface area (TPSA) is 90.2 Å². The van der Waals surface area contributed by atoms with Crippen LogP contribution in [0.15, 0.2) is 18.2 Å². The molecule has 0 radical (unpaired) electrons. The number of hydrogen-bond donors (Lipinski definition) is 2. The van der Waals surface area contributed by atoms with Crippen molar-refractivity contribution in [3.05, 3.63) is 39.5 Å². The highest BCUT2D eigenvalue weighted by Crippen LogP contribution is 2.30. The number of nitrogens with zero attached hydrogens (tertiary/aromatic N) is 1. The average molecular weight is 330 g/mol. The van der Waals surface area contributed by atoms with Crippen molar-refractivity contribution in [1.29, 1.82) is 0 Å². The van der Waals surface area contributed by atoms with Crippen molar-refractivity contribution < 1.29 is 14.3 Å². The molecule has 0 aliphatic carbocycles. The lowest BCUT2D eigenvalue weighted by Crippen LogP contribution is -2.13. The fraction of sp³-hybridized carbons (Fsp3) is 0.231. The maximum atomic E-state index is 10.7. The van der Waals surface area contributed by atoms with Crippen molar-refractivity contribution in [3.63, 3.8) is 0 Å². The van der Waals surface area contributed by atoms with E-state index in [2.05, 4.69) is 10.2 Å². The van der Waals surface area contributed by atoms with E-state index in [1.165, 1.54) is 0 Å². The Kier molecular flexibility index (Phi) is 4.93. The van der Waals surface area contributed by atoms with Gasteiger partial charge in [-0.15, -0.1) is 5.10 Å². The standard InChI is InChI=1S/C13H13Cl2N3O3/c1-2-10-11(6-20-13(16)19)17-18-12(10)21-9-4-7(14)3-8(15)5-9/h3-5H,2,6H2,1H3,(H2,16,19)(H,17,18). The molecule has 0 fully saturated rings. The van der Waals surface area contributed by atoms with Crippen molar-refractivity contribution >= 4 is 29.3 Å². The predicted octanol–water partition coefficient (Wildman–Crippen LogP) is 3.67. The molecule has 1 amide bonds. The number of rotatable bonds is 5. The van der Waals surface area contributed by atoms with Gasteiger partial charge in [0.1, 0.15) is 12.4 Å². The van der Waals surface area contributed by atoms with Crippen LogP contribution in [0.2, 0.25) is 10.0 Å². The highest BCUT2D eigenvalue weighted by atomic mass is 35.5. The second-order valence-electron chi connectivity index (χ2n) is 4.15. The quantitative estimate of drug-likeness (QED) is 0.875. The monoisotopic (exact) mass is 329 g/mol. The van der Waals surface area contributed by atoms with Crippen molar-refractivity contribution in [2.45, 2.75) is 20.0 Å². The molecule has 0 bridgehead atoms. The van der Waals surface area contributed by atoms with Crippen LogP contribution in [0.3, 0.4) is 0 Å². The van der Waals surface area contributed by atoms with Gasteiger partial charge in [0.25, 0.3) is 0 Å². The van der Waals surface area contributed by atoms with E-state index in [0.717, 1.165) is 5.56 Å². The minimum absolute atomic E-state index is 0.00513. The number of nitrogens with one attached hydrogen (secondary N) is 1. The largest absolute Gasteiger partial charge is 0.443 e. The van der Waals surface area contributed by atoms with Crippen LogP contribution < -0.4 is 10.5 Å². The molecule has 21 heavy (non-hydrogen) atoms. The third-order valence-electron chi connectivity index (χ3n) is 2.68. The van der Waals surface area contributed by atoms with Crippen LogP contribution >= 0.6 is 23.2 Å². The first-order valence-electron chi connectivity index (χ1n) is 6.12. The van der Waals surface area contributed by atoms with Crippen LogP contribution in [0.4, 0.5) is 4.79 Å². The summed E-state index contributed by atoms with van der Waals surface area (Å²) in [5.41, 5.74) is 6.35. The predicted molar refractivity (Wildman–Crippen MR) is 78.9 cm³/mol. The third kappa shape index (κ3) is 4.03. The lowest BCUT2D eigenvalue weighted by atomic mass is 10.2. The second-order valence-corrected chi connectivity index (χ2v) is 5.03. The molecule has 2 aromatic rings. The Morgan fingerprint density at radius 2 is 2.00 bits per heavy atom. The fourth-order valence-corrected chi connectivity index (χ4v) is 2.30. The first kappa shape index (κ1) is 15.5. The Bertz CT molecular complexity index is 638. The van der Waals surface area contributed by atoms with Crippen LogP contribution in [0.25, 0.3) is 0 Å². The highest BCUT2D eigenvalue weighted by molar-refractivity contribution is 6.34. The van der Waals surface area contributed by atoms with Gasteiger partial charge in [-0.05, 0) is 24.6 Å². The van der Waals surface area contributed by atoms with Gasteiger partial charge in [0.05, 0.1) is 5.69 Å². The highest BCUT2D eigenvalue weighted by Gasteiger charge is 2.15. The third-order valence-corrected chi connectivity index (χ3v) is 3.11. The van der Waals surface area contributed by atoms with Crippen LogP contribution in [0.5, 0.6) is 11.6 Å². The Morgan fingerprint density at radius 3 is 2.57 bits per heavy atom. The SMILES string of the molecule is CCc1c(Oc2cc(Cl)cc(Cl)c2)n[nH]c1COC(N)=O. The van der Waals surface area contributed by atoms with Crippen molar-refractivity contribution in [1.82, 2.24) is 10.2 Å². The summed E-state index contributed by atoms with van der Waals surface area (Å²) >= 11 is 11.8. The summed E-state index contributed by atoms with van der Waals surface area (Å²) in [5.74, 6) is 0.843. The minimum atomic E-state index is -0.851. The van der Waals surface area contributed by atoms with Gasteiger partial charge in [-0.1, -0.05) is 30.1 Å². The van der Waals surface area contributed by atoms with E-state index in [0.29, 0.717) is 33.8 Å². The minimum Gasteiger partial charge on any atom is -0.443 e. The zero-order chi connectivity index (χ0) is 15.4. The number of aromatic amines is 1. The summed E-state index contributed by atoms with van der Waals surface area (Å²) in [5, 5.41) is 7.73. The number of carbonyl (C=O) groups is 1. The molecule has 0 spiro atoms. The number of halogens is 2. The first-order chi connectivity index (χ1) is 9.99. The molecule has 8 heteroatoms. The molecule has 0 atom stereocenters. The first-order valence-corrected chi connectivity index (χ1v) is 6.87. The molecule has 1 aromatic carbocycles. The summed E-state index contributed by atoms with van der Waals surface area (Å²) < 4.78 is 10.4. The number of H-pyrrole nitrogens is 1. The number of ether oxygens (including phenoxy) is 2. The summed E-state index contributed by atoms with van der Waals surface area (Å²) in [4.78, 5) is 10.7. The van der Waals surface area contributed by atoms with Gasteiger partial charge >= 0.3 is 6.09 Å². The average Bonchev–Trinajstić information content (AvgIpc) is 2.77. The normalized spacial score (nSPS) is 10.4. The van der Waals surface area contributed by atoms with E-state index in [9.17, 15) is 4.79 Å². The summed E-state index contributed by atoms with van der Waals surface area (Å²) in [6.07, 6.45) is -0.215. The van der Waals surface area contributed by atoms with E-state index in [-0.39, 0.29) is 6.61 Å². The molecule has 6 nitrogen and oxygen atoms in total. The number of aromatic nitrogens is 2. The molecule has 0 saturated heterocycles. The Hall–Kier alpha value is -1.92. The van der Waals surface area contributed by atoms with Gasteiger partial charge < -0.3 is 15.2 Å². The van der Waals surface area contributed by atoms with Crippen molar-refractivity contribution in [2.24, 2.45) is 5.73 Å². The Labute approximate surface area is 131 Å². The van der Waals surface area contributed by atoms with Crippen LogP contribution in [-0.2, 0) is 17.8 Å². The van der Waals surface area contributed by atoms with E-state index in [1.54, 1.807) is 18.2 Å². The number of benzene rings is 1. The maximum Gasteiger partial charge on any atom is 0.404 e. The van der Waals surface area contributed by atoms with Gasteiger partial charge in [0, 0.05) is 15.6 Å². The molecular weight excluding hydrogens is 317 g/mol. The number of amides is 1. The molecule has 0 saturated carbocycles. The van der Waals surface area contributed by atoms with Gasteiger partial charge in [-0.25, -0.2) is 4.79 Å². The Balaban J connectivity index is 2.21. The maximum absolute atomic E-state index is 10.7. The molecule has 3 N–H and O–H groups in total. The van der Waals surface area contributed by atoms with E-state index in [4.69, 9.17) is 38.4 Å². The molecule has 0 unspecified atom stereocenters. The molecule has 112 valence electrons. The summed E-state index contributed by atoms with van der Waals surface area (Å²) in [6, 6.07) is 4.86. The van der Waals surface area contributed by atoms with Crippen molar-refractivity contribution in [3.8, 4) is 11.6 Å². The number of primary amides is 1. The van der Waals surface area contributed by atoms with Crippen LogP contribution in [0, 0.1) is 0 Å². The zero-order valence-electron chi connectivity index (χ0n) is 11.2. The Morgan fingerprint density at radius 1 is 1.33 bits per heavy atom. The van der Waals surface area contributed by atoms with E-state index < -0.39 is 6.09 Å². The molecule has 0 aliphatic heterocycles. The number of nitrogens with two attached hydrogens (primary N) is 1. The molecule has 1 heterocycles. The molecular formula is C13H13Cl2N3O3.